The fourth-order valence-electron chi connectivity index (χ4n) is 3.77. The van der Waals surface area contributed by atoms with Crippen LogP contribution >= 0.6 is 0 Å². The lowest BCUT2D eigenvalue weighted by atomic mass is 10.0. The molecule has 0 saturated carbocycles. The quantitative estimate of drug-likeness (QED) is 0.490. The fourth-order valence-corrected chi connectivity index (χ4v) is 3.77. The van der Waals surface area contributed by atoms with Gasteiger partial charge in [-0.15, -0.1) is 0 Å². The van der Waals surface area contributed by atoms with Gasteiger partial charge in [-0.05, 0) is 42.0 Å². The molecule has 0 saturated heterocycles. The van der Waals surface area contributed by atoms with Crippen LogP contribution in [0, 0.1) is 5.41 Å². The van der Waals surface area contributed by atoms with Gasteiger partial charge < -0.3 is 4.74 Å². The summed E-state index contributed by atoms with van der Waals surface area (Å²) in [5.41, 5.74) is 4.98. The van der Waals surface area contributed by atoms with Crippen molar-refractivity contribution in [2.24, 2.45) is 4.99 Å². The Hall–Kier alpha value is -4.32. The van der Waals surface area contributed by atoms with Crippen LogP contribution in [0.15, 0.2) is 89.9 Å². The summed E-state index contributed by atoms with van der Waals surface area (Å²) in [4.78, 5) is 18.0. The molecular weight excluding hydrogens is 400 g/mol. The van der Waals surface area contributed by atoms with Gasteiger partial charge in [0.1, 0.15) is 11.4 Å². The maximum absolute atomic E-state index is 13.2. The third kappa shape index (κ3) is 3.52. The summed E-state index contributed by atoms with van der Waals surface area (Å²) in [6.45, 7) is 0. The number of hydrogen-bond donors (Lipinski definition) is 1. The fraction of sp³-hybridized carbons (Fsp3) is 0.0769. The molecular formula is C26H20N4O2. The van der Waals surface area contributed by atoms with Gasteiger partial charge in [-0.3, -0.25) is 15.2 Å². The van der Waals surface area contributed by atoms with E-state index in [4.69, 9.17) is 15.1 Å². The minimum atomic E-state index is -0.203. The Kier molecular flexibility index (Phi) is 4.95. The second kappa shape index (κ2) is 8.07. The van der Waals surface area contributed by atoms with E-state index in [1.807, 2.05) is 54.6 Å². The van der Waals surface area contributed by atoms with Gasteiger partial charge in [0.2, 0.25) is 5.78 Å². The molecule has 0 bridgehead atoms. The van der Waals surface area contributed by atoms with Gasteiger partial charge in [0.25, 0.3) is 0 Å². The number of ether oxygens (including phenoxy) is 1. The Labute approximate surface area is 185 Å². The Bertz CT molecular complexity index is 1400. The Balaban J connectivity index is 1.67. The van der Waals surface area contributed by atoms with E-state index >= 15 is 0 Å². The predicted molar refractivity (Wildman–Crippen MR) is 122 cm³/mol. The number of aromatic nitrogens is 2. The average Bonchev–Trinajstić information content (AvgIpc) is 3.28. The average molecular weight is 420 g/mol. The molecule has 1 N–H and O–H groups in total. The standard InChI is InChI=1S/C26H20N4O2/c1-32-20-13-11-19(12-14-20)30-26(27)21(23-15-18-9-5-6-10-22(18)28-23)16-24(29-30)25(31)17-7-3-2-4-8-17/h2-14,16,27H,15H2,1H3. The summed E-state index contributed by atoms with van der Waals surface area (Å²) in [6.07, 6.45) is 0.605. The minimum Gasteiger partial charge on any atom is -0.497 e. The number of nitrogens with zero attached hydrogens (tertiary/aromatic N) is 3. The Morgan fingerprint density at radius 1 is 0.969 bits per heavy atom. The van der Waals surface area contributed by atoms with Crippen LogP contribution in [-0.2, 0) is 6.42 Å². The lowest BCUT2D eigenvalue weighted by molar-refractivity contribution is 0.103. The van der Waals surface area contributed by atoms with Crippen LogP contribution < -0.4 is 10.2 Å². The second-order valence-electron chi connectivity index (χ2n) is 7.46. The molecule has 2 heterocycles. The van der Waals surface area contributed by atoms with Crippen LogP contribution in [0.2, 0.25) is 0 Å². The van der Waals surface area contributed by atoms with E-state index in [1.165, 1.54) is 4.68 Å². The van der Waals surface area contributed by atoms with Gasteiger partial charge in [-0.25, -0.2) is 4.68 Å². The number of carbonyl (C=O) groups excluding carboxylic acids is 1. The number of ketones is 1. The highest BCUT2D eigenvalue weighted by atomic mass is 16.5. The first-order valence-corrected chi connectivity index (χ1v) is 10.2. The SMILES string of the molecule is COc1ccc(-n2nc(C(=O)c3ccccc3)cc(C3=Nc4ccccc4C3)c2=N)cc1. The van der Waals surface area contributed by atoms with Crippen molar-refractivity contribution in [1.29, 1.82) is 5.41 Å². The molecule has 0 atom stereocenters. The summed E-state index contributed by atoms with van der Waals surface area (Å²) < 4.78 is 6.73. The van der Waals surface area contributed by atoms with Crippen molar-refractivity contribution in [2.45, 2.75) is 6.42 Å². The number of para-hydroxylation sites is 1. The van der Waals surface area contributed by atoms with Gasteiger partial charge in [-0.1, -0.05) is 48.5 Å². The molecule has 6 heteroatoms. The molecule has 1 aliphatic rings. The number of rotatable bonds is 5. The maximum Gasteiger partial charge on any atom is 0.213 e. The summed E-state index contributed by atoms with van der Waals surface area (Å²) in [6, 6.07) is 25.9. The van der Waals surface area contributed by atoms with E-state index in [2.05, 4.69) is 5.10 Å². The molecule has 0 spiro atoms. The van der Waals surface area contributed by atoms with Crippen molar-refractivity contribution in [3.63, 3.8) is 0 Å². The largest absolute Gasteiger partial charge is 0.497 e. The van der Waals surface area contributed by atoms with Crippen molar-refractivity contribution >= 4 is 17.2 Å². The smallest absolute Gasteiger partial charge is 0.213 e. The molecule has 6 nitrogen and oxygen atoms in total. The van der Waals surface area contributed by atoms with Gasteiger partial charge in [-0.2, -0.15) is 5.10 Å². The molecule has 0 fully saturated rings. The van der Waals surface area contributed by atoms with Crippen molar-refractivity contribution in [3.8, 4) is 11.4 Å². The molecule has 1 aliphatic heterocycles. The van der Waals surface area contributed by atoms with Gasteiger partial charge in [0.05, 0.1) is 24.2 Å². The van der Waals surface area contributed by atoms with Crippen LogP contribution in [-0.4, -0.2) is 28.4 Å². The van der Waals surface area contributed by atoms with E-state index in [9.17, 15) is 4.79 Å². The van der Waals surface area contributed by atoms with Crippen LogP contribution in [0.1, 0.15) is 27.2 Å². The number of methoxy groups -OCH3 is 1. The second-order valence-corrected chi connectivity index (χ2v) is 7.46. The zero-order chi connectivity index (χ0) is 22.1. The summed E-state index contributed by atoms with van der Waals surface area (Å²) in [5, 5.41) is 13.4. The summed E-state index contributed by atoms with van der Waals surface area (Å²) >= 11 is 0. The minimum absolute atomic E-state index is 0.173. The highest BCUT2D eigenvalue weighted by molar-refractivity contribution is 6.11. The molecule has 0 unspecified atom stereocenters. The molecule has 5 rings (SSSR count). The molecule has 0 radical (unpaired) electrons. The van der Waals surface area contributed by atoms with Gasteiger partial charge in [0, 0.05) is 17.5 Å². The first-order chi connectivity index (χ1) is 15.6. The molecule has 0 aliphatic carbocycles. The van der Waals surface area contributed by atoms with Crippen LogP contribution in [0.25, 0.3) is 5.69 Å². The third-order valence-corrected chi connectivity index (χ3v) is 5.46. The van der Waals surface area contributed by atoms with E-state index < -0.39 is 0 Å². The normalized spacial score (nSPS) is 12.2. The first-order valence-electron chi connectivity index (χ1n) is 10.2. The molecule has 156 valence electrons. The Morgan fingerprint density at radius 2 is 1.69 bits per heavy atom. The van der Waals surface area contributed by atoms with Crippen LogP contribution in [0.3, 0.4) is 0 Å². The van der Waals surface area contributed by atoms with Crippen LogP contribution in [0.4, 0.5) is 5.69 Å². The molecule has 1 aromatic heterocycles. The first kappa shape index (κ1) is 19.6. The van der Waals surface area contributed by atoms with Crippen molar-refractivity contribution in [2.75, 3.05) is 7.11 Å². The zero-order valence-corrected chi connectivity index (χ0v) is 17.4. The molecule has 0 amide bonds. The number of fused-ring (bicyclic) bond motifs is 1. The van der Waals surface area contributed by atoms with Crippen molar-refractivity contribution in [1.82, 2.24) is 9.78 Å². The van der Waals surface area contributed by atoms with E-state index in [-0.39, 0.29) is 17.0 Å². The topological polar surface area (TPSA) is 80.3 Å². The lowest BCUT2D eigenvalue weighted by Gasteiger charge is -2.13. The van der Waals surface area contributed by atoms with E-state index in [1.54, 1.807) is 37.4 Å². The summed E-state index contributed by atoms with van der Waals surface area (Å²) in [5.74, 6) is 0.499. The highest BCUT2D eigenvalue weighted by Gasteiger charge is 2.21. The molecule has 3 aromatic carbocycles. The van der Waals surface area contributed by atoms with Crippen molar-refractivity contribution < 1.29 is 9.53 Å². The van der Waals surface area contributed by atoms with Gasteiger partial charge in [0.15, 0.2) is 5.49 Å². The van der Waals surface area contributed by atoms with Crippen LogP contribution in [0.5, 0.6) is 5.75 Å². The monoisotopic (exact) mass is 420 g/mol. The maximum atomic E-state index is 13.2. The zero-order valence-electron chi connectivity index (χ0n) is 17.4. The number of benzene rings is 3. The molecule has 32 heavy (non-hydrogen) atoms. The molecule has 4 aromatic rings. The predicted octanol–water partition coefficient (Wildman–Crippen LogP) is 4.27. The van der Waals surface area contributed by atoms with E-state index in [0.717, 1.165) is 17.0 Å². The lowest BCUT2D eigenvalue weighted by Crippen LogP contribution is -2.30. The number of carbonyl (C=O) groups is 1. The number of hydrogen-bond acceptors (Lipinski definition) is 5. The van der Waals surface area contributed by atoms with Gasteiger partial charge >= 0.3 is 0 Å². The van der Waals surface area contributed by atoms with E-state index in [0.29, 0.717) is 29.0 Å². The highest BCUT2D eigenvalue weighted by Crippen LogP contribution is 2.28. The number of aliphatic imine (C=N–C) groups is 1. The Morgan fingerprint density at radius 3 is 2.41 bits per heavy atom. The van der Waals surface area contributed by atoms with Crippen molar-refractivity contribution in [3.05, 3.63) is 113 Å². The third-order valence-electron chi connectivity index (χ3n) is 5.46. The summed E-state index contributed by atoms with van der Waals surface area (Å²) in [7, 11) is 1.60. The number of nitrogens with one attached hydrogen (secondary N) is 1.